The van der Waals surface area contributed by atoms with Crippen LogP contribution in [0.2, 0.25) is 0 Å². The smallest absolute Gasteiger partial charge is 0.254 e. The van der Waals surface area contributed by atoms with Gasteiger partial charge in [0.25, 0.3) is 5.91 Å². The van der Waals surface area contributed by atoms with E-state index in [2.05, 4.69) is 30.3 Å². The summed E-state index contributed by atoms with van der Waals surface area (Å²) in [7, 11) is 0. The van der Waals surface area contributed by atoms with Crippen molar-refractivity contribution in [3.05, 3.63) is 71.3 Å². The molecule has 22 heavy (non-hydrogen) atoms. The molecule has 0 bridgehead atoms. The number of carbonyl (C=O) groups excluding carboxylic acids is 1. The van der Waals surface area contributed by atoms with Crippen LogP contribution >= 0.6 is 0 Å². The zero-order valence-corrected chi connectivity index (χ0v) is 13.0. The van der Waals surface area contributed by atoms with Crippen LogP contribution in [0.5, 0.6) is 0 Å². The summed E-state index contributed by atoms with van der Waals surface area (Å²) in [6, 6.07) is 18.4. The van der Waals surface area contributed by atoms with Crippen molar-refractivity contribution in [3.8, 4) is 0 Å². The molecule has 114 valence electrons. The highest BCUT2D eigenvalue weighted by atomic mass is 16.2. The SMILES string of the molecule is O=C(c1ccccc1Cc1ccccc1)N1CCCCCC1. The second-order valence-corrected chi connectivity index (χ2v) is 6.03. The molecule has 0 N–H and O–H groups in total. The summed E-state index contributed by atoms with van der Waals surface area (Å²) in [5.41, 5.74) is 3.25. The molecule has 0 atom stereocenters. The molecule has 0 spiro atoms. The summed E-state index contributed by atoms with van der Waals surface area (Å²) in [6.07, 6.45) is 5.57. The average Bonchev–Trinajstić information content (AvgIpc) is 2.85. The molecular formula is C20H23NO. The lowest BCUT2D eigenvalue weighted by Crippen LogP contribution is -2.32. The lowest BCUT2D eigenvalue weighted by molar-refractivity contribution is 0.0760. The maximum absolute atomic E-state index is 12.9. The number of likely N-dealkylation sites (tertiary alicyclic amines) is 1. The van der Waals surface area contributed by atoms with E-state index in [1.807, 2.05) is 29.2 Å². The predicted octanol–water partition coefficient (Wildman–Crippen LogP) is 4.29. The molecule has 1 heterocycles. The van der Waals surface area contributed by atoms with Crippen molar-refractivity contribution >= 4 is 5.91 Å². The first-order chi connectivity index (χ1) is 10.8. The number of nitrogens with zero attached hydrogens (tertiary/aromatic N) is 1. The first kappa shape index (κ1) is 14.8. The molecule has 0 saturated carbocycles. The standard InChI is InChI=1S/C20H23NO/c22-20(21-14-8-1-2-9-15-21)19-13-7-6-12-18(19)16-17-10-4-3-5-11-17/h3-7,10-13H,1-2,8-9,14-16H2. The molecule has 2 aromatic rings. The third-order valence-electron chi connectivity index (χ3n) is 4.38. The lowest BCUT2D eigenvalue weighted by atomic mass is 9.99. The summed E-state index contributed by atoms with van der Waals surface area (Å²) in [6.45, 7) is 1.80. The highest BCUT2D eigenvalue weighted by Crippen LogP contribution is 2.19. The lowest BCUT2D eigenvalue weighted by Gasteiger charge is -2.22. The van der Waals surface area contributed by atoms with Gasteiger partial charge in [-0.25, -0.2) is 0 Å². The Kier molecular flexibility index (Phi) is 4.89. The average molecular weight is 293 g/mol. The third-order valence-corrected chi connectivity index (χ3v) is 4.38. The maximum Gasteiger partial charge on any atom is 0.254 e. The molecule has 1 fully saturated rings. The van der Waals surface area contributed by atoms with E-state index in [4.69, 9.17) is 0 Å². The van der Waals surface area contributed by atoms with Gasteiger partial charge in [0, 0.05) is 18.7 Å². The summed E-state index contributed by atoms with van der Waals surface area (Å²) >= 11 is 0. The van der Waals surface area contributed by atoms with Gasteiger partial charge in [-0.2, -0.15) is 0 Å². The number of benzene rings is 2. The topological polar surface area (TPSA) is 20.3 Å². The van der Waals surface area contributed by atoms with Crippen LogP contribution in [0.25, 0.3) is 0 Å². The molecule has 3 rings (SSSR count). The fourth-order valence-electron chi connectivity index (χ4n) is 3.14. The van der Waals surface area contributed by atoms with Crippen LogP contribution in [0.15, 0.2) is 54.6 Å². The van der Waals surface area contributed by atoms with Crippen LogP contribution in [-0.4, -0.2) is 23.9 Å². The van der Waals surface area contributed by atoms with E-state index in [-0.39, 0.29) is 5.91 Å². The summed E-state index contributed by atoms with van der Waals surface area (Å²) in [5, 5.41) is 0. The van der Waals surface area contributed by atoms with Gasteiger partial charge >= 0.3 is 0 Å². The number of rotatable bonds is 3. The van der Waals surface area contributed by atoms with E-state index in [0.29, 0.717) is 0 Å². The quantitative estimate of drug-likeness (QED) is 0.826. The van der Waals surface area contributed by atoms with Crippen molar-refractivity contribution in [2.75, 3.05) is 13.1 Å². The van der Waals surface area contributed by atoms with Crippen LogP contribution in [0.1, 0.15) is 47.2 Å². The number of hydrogen-bond donors (Lipinski definition) is 0. The molecule has 2 aromatic carbocycles. The minimum Gasteiger partial charge on any atom is -0.339 e. The molecule has 1 saturated heterocycles. The van der Waals surface area contributed by atoms with Gasteiger partial charge in [-0.15, -0.1) is 0 Å². The van der Waals surface area contributed by atoms with E-state index in [9.17, 15) is 4.79 Å². The van der Waals surface area contributed by atoms with Crippen LogP contribution in [0.4, 0.5) is 0 Å². The van der Waals surface area contributed by atoms with Gasteiger partial charge in [0.1, 0.15) is 0 Å². The largest absolute Gasteiger partial charge is 0.339 e. The fraction of sp³-hybridized carbons (Fsp3) is 0.350. The zero-order chi connectivity index (χ0) is 15.2. The van der Waals surface area contributed by atoms with Crippen LogP contribution < -0.4 is 0 Å². The molecule has 0 aromatic heterocycles. The van der Waals surface area contributed by atoms with Gasteiger partial charge in [0.05, 0.1) is 0 Å². The minimum atomic E-state index is 0.202. The first-order valence-electron chi connectivity index (χ1n) is 8.26. The Morgan fingerprint density at radius 3 is 2.18 bits per heavy atom. The van der Waals surface area contributed by atoms with Gasteiger partial charge in [-0.05, 0) is 36.5 Å². The van der Waals surface area contributed by atoms with Crippen molar-refractivity contribution in [2.45, 2.75) is 32.1 Å². The van der Waals surface area contributed by atoms with Gasteiger partial charge in [-0.3, -0.25) is 4.79 Å². The molecule has 1 amide bonds. The molecule has 1 aliphatic heterocycles. The summed E-state index contributed by atoms with van der Waals surface area (Å²) in [4.78, 5) is 14.9. The number of hydrogen-bond acceptors (Lipinski definition) is 1. The van der Waals surface area contributed by atoms with Crippen LogP contribution in [-0.2, 0) is 6.42 Å². The van der Waals surface area contributed by atoms with E-state index < -0.39 is 0 Å². The van der Waals surface area contributed by atoms with Gasteiger partial charge in [0.15, 0.2) is 0 Å². The molecule has 0 radical (unpaired) electrons. The molecular weight excluding hydrogens is 270 g/mol. The summed E-state index contributed by atoms with van der Waals surface area (Å²) in [5.74, 6) is 0.202. The van der Waals surface area contributed by atoms with Crippen molar-refractivity contribution in [1.82, 2.24) is 4.90 Å². The zero-order valence-electron chi connectivity index (χ0n) is 13.0. The maximum atomic E-state index is 12.9. The Bertz CT molecular complexity index is 613. The second-order valence-electron chi connectivity index (χ2n) is 6.03. The van der Waals surface area contributed by atoms with Crippen molar-refractivity contribution in [3.63, 3.8) is 0 Å². The third kappa shape index (κ3) is 3.56. The van der Waals surface area contributed by atoms with Crippen LogP contribution in [0, 0.1) is 0 Å². The predicted molar refractivity (Wildman–Crippen MR) is 90.1 cm³/mol. The fourth-order valence-corrected chi connectivity index (χ4v) is 3.14. The monoisotopic (exact) mass is 293 g/mol. The highest BCUT2D eigenvalue weighted by Gasteiger charge is 2.19. The highest BCUT2D eigenvalue weighted by molar-refractivity contribution is 5.95. The van der Waals surface area contributed by atoms with Crippen molar-refractivity contribution < 1.29 is 4.79 Å². The summed E-state index contributed by atoms with van der Waals surface area (Å²) < 4.78 is 0. The Labute approximate surface area is 132 Å². The number of amides is 1. The van der Waals surface area contributed by atoms with Crippen LogP contribution in [0.3, 0.4) is 0 Å². The molecule has 2 heteroatoms. The Balaban J connectivity index is 1.82. The normalized spacial score (nSPS) is 15.4. The van der Waals surface area contributed by atoms with E-state index in [0.717, 1.165) is 43.5 Å². The molecule has 0 aliphatic carbocycles. The van der Waals surface area contributed by atoms with Gasteiger partial charge < -0.3 is 4.90 Å². The number of carbonyl (C=O) groups is 1. The van der Waals surface area contributed by atoms with Gasteiger partial charge in [0.2, 0.25) is 0 Å². The Morgan fingerprint density at radius 2 is 1.45 bits per heavy atom. The van der Waals surface area contributed by atoms with E-state index >= 15 is 0 Å². The van der Waals surface area contributed by atoms with Crippen molar-refractivity contribution in [2.24, 2.45) is 0 Å². The van der Waals surface area contributed by atoms with Gasteiger partial charge in [-0.1, -0.05) is 61.4 Å². The van der Waals surface area contributed by atoms with Crippen molar-refractivity contribution in [1.29, 1.82) is 0 Å². The Morgan fingerprint density at radius 1 is 0.818 bits per heavy atom. The van der Waals surface area contributed by atoms with E-state index in [1.54, 1.807) is 0 Å². The van der Waals surface area contributed by atoms with E-state index in [1.165, 1.54) is 18.4 Å². The molecule has 2 nitrogen and oxygen atoms in total. The minimum absolute atomic E-state index is 0.202. The Hall–Kier alpha value is -2.09. The second kappa shape index (κ2) is 7.26. The first-order valence-corrected chi connectivity index (χ1v) is 8.26. The molecule has 1 aliphatic rings. The molecule has 0 unspecified atom stereocenters.